The van der Waals surface area contributed by atoms with Crippen LogP contribution in [0.25, 0.3) is 0 Å². The molecule has 15 heavy (non-hydrogen) atoms. The van der Waals surface area contributed by atoms with Crippen LogP contribution in [0.4, 0.5) is 0 Å². The molecule has 0 aliphatic rings. The largest absolute Gasteiger partial charge is 0.490 e. The molecule has 1 heterocycles. The third kappa shape index (κ3) is 4.76. The predicted molar refractivity (Wildman–Crippen MR) is 56.7 cm³/mol. The SMILES string of the molecule is CC(C)OCCOc1ccc(CO)nc1. The Morgan fingerprint density at radius 1 is 1.33 bits per heavy atom. The minimum Gasteiger partial charge on any atom is -0.490 e. The van der Waals surface area contributed by atoms with Crippen molar-refractivity contribution in [2.75, 3.05) is 13.2 Å². The molecule has 1 aromatic heterocycles. The van der Waals surface area contributed by atoms with Crippen molar-refractivity contribution in [3.05, 3.63) is 24.0 Å². The zero-order chi connectivity index (χ0) is 11.1. The van der Waals surface area contributed by atoms with Crippen molar-refractivity contribution in [2.45, 2.75) is 26.6 Å². The van der Waals surface area contributed by atoms with Gasteiger partial charge in [-0.2, -0.15) is 0 Å². The summed E-state index contributed by atoms with van der Waals surface area (Å²) in [5, 5.41) is 8.78. The normalized spacial score (nSPS) is 10.7. The monoisotopic (exact) mass is 211 g/mol. The number of rotatable bonds is 6. The summed E-state index contributed by atoms with van der Waals surface area (Å²) in [5.41, 5.74) is 0.640. The highest BCUT2D eigenvalue weighted by atomic mass is 16.5. The van der Waals surface area contributed by atoms with Crippen LogP contribution in [0.15, 0.2) is 18.3 Å². The second kappa shape index (κ2) is 6.37. The summed E-state index contributed by atoms with van der Waals surface area (Å²) in [7, 11) is 0. The molecular weight excluding hydrogens is 194 g/mol. The summed E-state index contributed by atoms with van der Waals surface area (Å²) in [4.78, 5) is 4.00. The van der Waals surface area contributed by atoms with Crippen LogP contribution >= 0.6 is 0 Å². The summed E-state index contributed by atoms with van der Waals surface area (Å²) in [6.07, 6.45) is 1.82. The molecule has 1 N–H and O–H groups in total. The first kappa shape index (κ1) is 11.9. The molecule has 0 spiro atoms. The van der Waals surface area contributed by atoms with Gasteiger partial charge in [-0.25, -0.2) is 0 Å². The molecule has 1 rings (SSSR count). The Morgan fingerprint density at radius 3 is 2.67 bits per heavy atom. The van der Waals surface area contributed by atoms with Crippen molar-refractivity contribution < 1.29 is 14.6 Å². The quantitative estimate of drug-likeness (QED) is 0.722. The van der Waals surface area contributed by atoms with E-state index in [1.165, 1.54) is 0 Å². The van der Waals surface area contributed by atoms with Crippen LogP contribution in [0.3, 0.4) is 0 Å². The summed E-state index contributed by atoms with van der Waals surface area (Å²) >= 11 is 0. The highest BCUT2D eigenvalue weighted by Crippen LogP contribution is 2.08. The molecule has 0 bridgehead atoms. The Morgan fingerprint density at radius 2 is 2.13 bits per heavy atom. The highest BCUT2D eigenvalue weighted by Gasteiger charge is 1.97. The number of pyridine rings is 1. The van der Waals surface area contributed by atoms with Crippen LogP contribution in [0, 0.1) is 0 Å². The van der Waals surface area contributed by atoms with Gasteiger partial charge in [0.1, 0.15) is 12.4 Å². The molecule has 0 aromatic carbocycles. The van der Waals surface area contributed by atoms with Gasteiger partial charge < -0.3 is 14.6 Å². The fourth-order valence-corrected chi connectivity index (χ4v) is 1.03. The molecule has 0 amide bonds. The Balaban J connectivity index is 2.25. The Labute approximate surface area is 89.9 Å². The molecule has 0 saturated carbocycles. The second-order valence-electron chi connectivity index (χ2n) is 3.41. The lowest BCUT2D eigenvalue weighted by Crippen LogP contribution is -2.11. The van der Waals surface area contributed by atoms with Crippen molar-refractivity contribution in [3.8, 4) is 5.75 Å². The van der Waals surface area contributed by atoms with E-state index in [1.807, 2.05) is 13.8 Å². The van der Waals surface area contributed by atoms with E-state index in [4.69, 9.17) is 14.6 Å². The van der Waals surface area contributed by atoms with Crippen molar-refractivity contribution in [1.29, 1.82) is 0 Å². The average Bonchev–Trinajstić information content (AvgIpc) is 2.25. The van der Waals surface area contributed by atoms with Gasteiger partial charge in [-0.05, 0) is 26.0 Å². The summed E-state index contributed by atoms with van der Waals surface area (Å²) in [6.45, 7) is 5.00. The smallest absolute Gasteiger partial charge is 0.137 e. The fourth-order valence-electron chi connectivity index (χ4n) is 1.03. The van der Waals surface area contributed by atoms with E-state index in [9.17, 15) is 0 Å². The number of aliphatic hydroxyl groups is 1. The van der Waals surface area contributed by atoms with E-state index in [0.29, 0.717) is 24.7 Å². The molecule has 4 heteroatoms. The van der Waals surface area contributed by atoms with Gasteiger partial charge in [0.15, 0.2) is 0 Å². The third-order valence-corrected chi connectivity index (χ3v) is 1.76. The minimum atomic E-state index is -0.0449. The minimum absolute atomic E-state index is 0.0449. The number of aromatic nitrogens is 1. The lowest BCUT2D eigenvalue weighted by atomic mass is 10.3. The molecule has 0 aliphatic carbocycles. The van der Waals surface area contributed by atoms with E-state index < -0.39 is 0 Å². The fraction of sp³-hybridized carbons (Fsp3) is 0.545. The van der Waals surface area contributed by atoms with Crippen molar-refractivity contribution in [1.82, 2.24) is 4.98 Å². The summed E-state index contributed by atoms with van der Waals surface area (Å²) in [6, 6.07) is 3.52. The number of hydrogen-bond acceptors (Lipinski definition) is 4. The molecule has 0 saturated heterocycles. The van der Waals surface area contributed by atoms with Gasteiger partial charge in [-0.3, -0.25) is 4.98 Å². The average molecular weight is 211 g/mol. The molecule has 0 unspecified atom stereocenters. The van der Waals surface area contributed by atoms with Crippen LogP contribution in [0.1, 0.15) is 19.5 Å². The van der Waals surface area contributed by atoms with Gasteiger partial charge in [0.25, 0.3) is 0 Å². The van der Waals surface area contributed by atoms with Gasteiger partial charge in [0, 0.05) is 0 Å². The second-order valence-corrected chi connectivity index (χ2v) is 3.41. The van der Waals surface area contributed by atoms with E-state index in [0.717, 1.165) is 0 Å². The molecule has 1 aromatic rings. The number of aliphatic hydroxyl groups excluding tert-OH is 1. The molecule has 84 valence electrons. The first-order chi connectivity index (χ1) is 7.22. The first-order valence-corrected chi connectivity index (χ1v) is 5.02. The van der Waals surface area contributed by atoms with Gasteiger partial charge in [-0.15, -0.1) is 0 Å². The van der Waals surface area contributed by atoms with Gasteiger partial charge in [0.2, 0.25) is 0 Å². The molecule has 0 fully saturated rings. The standard InChI is InChI=1S/C11H17NO3/c1-9(2)14-5-6-15-11-4-3-10(8-13)12-7-11/h3-4,7,9,13H,5-6,8H2,1-2H3. The van der Waals surface area contributed by atoms with Crippen LogP contribution in [0.2, 0.25) is 0 Å². The Bertz CT molecular complexity index is 272. The van der Waals surface area contributed by atoms with Gasteiger partial charge in [-0.1, -0.05) is 0 Å². The predicted octanol–water partition coefficient (Wildman–Crippen LogP) is 1.38. The van der Waals surface area contributed by atoms with Crippen molar-refractivity contribution >= 4 is 0 Å². The maximum absolute atomic E-state index is 8.78. The third-order valence-electron chi connectivity index (χ3n) is 1.76. The van der Waals surface area contributed by atoms with Gasteiger partial charge in [0.05, 0.1) is 31.2 Å². The zero-order valence-electron chi connectivity index (χ0n) is 9.14. The number of nitrogens with zero attached hydrogens (tertiary/aromatic N) is 1. The molecular formula is C11H17NO3. The molecule has 4 nitrogen and oxygen atoms in total. The molecule has 0 aliphatic heterocycles. The maximum atomic E-state index is 8.78. The lowest BCUT2D eigenvalue weighted by molar-refractivity contribution is 0.0552. The summed E-state index contributed by atoms with van der Waals surface area (Å²) < 4.78 is 10.7. The Kier molecular flexibility index (Phi) is 5.07. The Hall–Kier alpha value is -1.13. The molecule has 0 radical (unpaired) electrons. The number of hydrogen-bond donors (Lipinski definition) is 1. The topological polar surface area (TPSA) is 51.6 Å². The highest BCUT2D eigenvalue weighted by molar-refractivity contribution is 5.19. The summed E-state index contributed by atoms with van der Waals surface area (Å²) in [5.74, 6) is 0.694. The van der Waals surface area contributed by atoms with Crippen LogP contribution in [-0.2, 0) is 11.3 Å². The van der Waals surface area contributed by atoms with E-state index >= 15 is 0 Å². The zero-order valence-corrected chi connectivity index (χ0v) is 9.14. The van der Waals surface area contributed by atoms with Crippen LogP contribution in [0.5, 0.6) is 5.75 Å². The first-order valence-electron chi connectivity index (χ1n) is 5.02. The lowest BCUT2D eigenvalue weighted by Gasteiger charge is -2.09. The maximum Gasteiger partial charge on any atom is 0.137 e. The van der Waals surface area contributed by atoms with Crippen molar-refractivity contribution in [2.24, 2.45) is 0 Å². The van der Waals surface area contributed by atoms with Crippen molar-refractivity contribution in [3.63, 3.8) is 0 Å². The molecule has 0 atom stereocenters. The number of ether oxygens (including phenoxy) is 2. The van der Waals surface area contributed by atoms with E-state index in [2.05, 4.69) is 4.98 Å². The van der Waals surface area contributed by atoms with E-state index in [-0.39, 0.29) is 12.7 Å². The van der Waals surface area contributed by atoms with Crippen LogP contribution in [-0.4, -0.2) is 29.4 Å². The van der Waals surface area contributed by atoms with Gasteiger partial charge >= 0.3 is 0 Å². The van der Waals surface area contributed by atoms with E-state index in [1.54, 1.807) is 18.3 Å². The van der Waals surface area contributed by atoms with Crippen LogP contribution < -0.4 is 4.74 Å².